The second-order valence-electron chi connectivity index (χ2n) is 6.16. The Morgan fingerprint density at radius 3 is 2.40 bits per heavy atom. The van der Waals surface area contributed by atoms with Crippen molar-refractivity contribution in [1.29, 1.82) is 0 Å². The second kappa shape index (κ2) is 3.74. The lowest BCUT2D eigenvalue weighted by molar-refractivity contribution is 0.00762. The molecule has 1 aliphatic heterocycles. The van der Waals surface area contributed by atoms with Gasteiger partial charge in [-0.05, 0) is 44.6 Å². The molecule has 88 valence electrons. The molecule has 1 saturated heterocycles. The summed E-state index contributed by atoms with van der Waals surface area (Å²) in [6, 6.07) is 0.742. The maximum Gasteiger partial charge on any atom is 0.0385 e. The summed E-state index contributed by atoms with van der Waals surface area (Å²) in [6.07, 6.45) is 6.72. The minimum atomic E-state index is 0.295. The summed E-state index contributed by atoms with van der Waals surface area (Å²) in [6.45, 7) is 9.31. The summed E-state index contributed by atoms with van der Waals surface area (Å²) < 4.78 is 0. The van der Waals surface area contributed by atoms with E-state index in [1.165, 1.54) is 38.6 Å². The average molecular weight is 210 g/mol. The van der Waals surface area contributed by atoms with Crippen molar-refractivity contribution in [3.05, 3.63) is 0 Å². The van der Waals surface area contributed by atoms with Gasteiger partial charge in [0.05, 0.1) is 0 Å². The summed E-state index contributed by atoms with van der Waals surface area (Å²) in [5.41, 5.74) is 6.84. The van der Waals surface area contributed by atoms with Gasteiger partial charge in [0.2, 0.25) is 0 Å². The molecule has 2 N–H and O–H groups in total. The molecule has 0 aromatic heterocycles. The quantitative estimate of drug-likeness (QED) is 0.758. The van der Waals surface area contributed by atoms with Crippen LogP contribution in [-0.2, 0) is 0 Å². The summed E-state index contributed by atoms with van der Waals surface area (Å²) in [4.78, 5) is 2.72. The van der Waals surface area contributed by atoms with Crippen molar-refractivity contribution in [2.45, 2.75) is 64.5 Å². The van der Waals surface area contributed by atoms with E-state index in [0.717, 1.165) is 12.6 Å². The van der Waals surface area contributed by atoms with E-state index in [9.17, 15) is 0 Å². The van der Waals surface area contributed by atoms with Crippen molar-refractivity contribution in [1.82, 2.24) is 4.90 Å². The Morgan fingerprint density at radius 1 is 1.27 bits per heavy atom. The van der Waals surface area contributed by atoms with Crippen LogP contribution in [0.3, 0.4) is 0 Å². The normalized spacial score (nSPS) is 41.2. The molecular weight excluding hydrogens is 184 g/mol. The lowest BCUT2D eigenvalue weighted by atomic mass is 9.73. The van der Waals surface area contributed by atoms with Crippen molar-refractivity contribution in [2.75, 3.05) is 13.1 Å². The highest BCUT2D eigenvalue weighted by Gasteiger charge is 2.53. The zero-order valence-corrected chi connectivity index (χ0v) is 10.6. The van der Waals surface area contributed by atoms with Crippen molar-refractivity contribution in [2.24, 2.45) is 11.1 Å². The Bertz CT molecular complexity index is 237. The molecule has 0 aromatic carbocycles. The topological polar surface area (TPSA) is 29.3 Å². The van der Waals surface area contributed by atoms with Crippen LogP contribution in [-0.4, -0.2) is 29.6 Å². The van der Waals surface area contributed by atoms with Crippen LogP contribution >= 0.6 is 0 Å². The number of nitrogens with two attached hydrogens (primary N) is 1. The van der Waals surface area contributed by atoms with Crippen LogP contribution in [0.1, 0.15) is 52.9 Å². The molecule has 0 bridgehead atoms. The van der Waals surface area contributed by atoms with Gasteiger partial charge >= 0.3 is 0 Å². The Labute approximate surface area is 94.2 Å². The van der Waals surface area contributed by atoms with Crippen LogP contribution in [0.5, 0.6) is 0 Å². The molecule has 0 aromatic rings. The van der Waals surface area contributed by atoms with Crippen LogP contribution in [0.25, 0.3) is 0 Å². The van der Waals surface area contributed by atoms with E-state index in [1.54, 1.807) is 0 Å². The molecule has 1 aliphatic carbocycles. The van der Waals surface area contributed by atoms with Gasteiger partial charge in [0.1, 0.15) is 0 Å². The third-order valence-electron chi connectivity index (χ3n) is 5.09. The molecule has 2 atom stereocenters. The highest BCUT2D eigenvalue weighted by atomic mass is 15.3. The number of hydrogen-bond donors (Lipinski definition) is 1. The van der Waals surface area contributed by atoms with Gasteiger partial charge in [0, 0.05) is 18.1 Å². The molecular formula is C13H26N2. The molecule has 1 heterocycles. The predicted molar refractivity (Wildman–Crippen MR) is 64.8 cm³/mol. The van der Waals surface area contributed by atoms with Crippen molar-refractivity contribution in [3.63, 3.8) is 0 Å². The smallest absolute Gasteiger partial charge is 0.0385 e. The zero-order valence-electron chi connectivity index (χ0n) is 10.6. The van der Waals surface area contributed by atoms with Crippen LogP contribution in [0, 0.1) is 5.41 Å². The fourth-order valence-electron chi connectivity index (χ4n) is 3.99. The molecule has 2 nitrogen and oxygen atoms in total. The maximum atomic E-state index is 6.14. The van der Waals surface area contributed by atoms with E-state index >= 15 is 0 Å². The number of nitrogens with zero attached hydrogens (tertiary/aromatic N) is 1. The molecule has 0 amide bonds. The molecule has 2 heteroatoms. The minimum Gasteiger partial charge on any atom is -0.329 e. The standard InChI is InChI=1S/C13H26N2/c1-11-6-4-9-15(11)13(10-14)8-5-7-12(13,2)3/h11H,4-10,14H2,1-3H3. The van der Waals surface area contributed by atoms with Crippen molar-refractivity contribution >= 4 is 0 Å². The van der Waals surface area contributed by atoms with Gasteiger partial charge in [0.25, 0.3) is 0 Å². The van der Waals surface area contributed by atoms with Gasteiger partial charge in [-0.15, -0.1) is 0 Å². The molecule has 2 aliphatic rings. The van der Waals surface area contributed by atoms with Gasteiger partial charge in [-0.25, -0.2) is 0 Å². The third kappa shape index (κ3) is 1.53. The molecule has 0 spiro atoms. The first-order chi connectivity index (χ1) is 7.03. The maximum absolute atomic E-state index is 6.14. The highest BCUT2D eigenvalue weighted by Crippen LogP contribution is 2.50. The summed E-state index contributed by atoms with van der Waals surface area (Å²) >= 11 is 0. The highest BCUT2D eigenvalue weighted by molar-refractivity contribution is 5.09. The third-order valence-corrected chi connectivity index (χ3v) is 5.09. The fraction of sp³-hybridized carbons (Fsp3) is 1.00. The Morgan fingerprint density at radius 2 is 2.00 bits per heavy atom. The minimum absolute atomic E-state index is 0.295. The Kier molecular flexibility index (Phi) is 2.85. The van der Waals surface area contributed by atoms with E-state index in [4.69, 9.17) is 5.73 Å². The van der Waals surface area contributed by atoms with Gasteiger partial charge in [-0.1, -0.05) is 20.3 Å². The monoisotopic (exact) mass is 210 g/mol. The average Bonchev–Trinajstić information content (AvgIpc) is 2.70. The van der Waals surface area contributed by atoms with Crippen LogP contribution in [0.15, 0.2) is 0 Å². The fourth-order valence-corrected chi connectivity index (χ4v) is 3.99. The van der Waals surface area contributed by atoms with Crippen molar-refractivity contribution in [3.8, 4) is 0 Å². The first-order valence-electron chi connectivity index (χ1n) is 6.50. The number of hydrogen-bond acceptors (Lipinski definition) is 2. The van der Waals surface area contributed by atoms with E-state index in [1.807, 2.05) is 0 Å². The summed E-state index contributed by atoms with van der Waals surface area (Å²) in [5.74, 6) is 0. The van der Waals surface area contributed by atoms with Gasteiger partial charge in [-0.2, -0.15) is 0 Å². The van der Waals surface area contributed by atoms with Gasteiger partial charge in [0.15, 0.2) is 0 Å². The molecule has 15 heavy (non-hydrogen) atoms. The molecule has 2 unspecified atom stereocenters. The predicted octanol–water partition coefficient (Wildman–Crippen LogP) is 2.38. The van der Waals surface area contributed by atoms with E-state index in [0.29, 0.717) is 11.0 Å². The second-order valence-corrected chi connectivity index (χ2v) is 6.16. The summed E-state index contributed by atoms with van der Waals surface area (Å²) in [5, 5.41) is 0. The SMILES string of the molecule is CC1CCCN1C1(CN)CCCC1(C)C. The van der Waals surface area contributed by atoms with E-state index in [-0.39, 0.29) is 0 Å². The lowest BCUT2D eigenvalue weighted by Gasteiger charge is -2.50. The van der Waals surface area contributed by atoms with Gasteiger partial charge < -0.3 is 5.73 Å². The molecule has 2 fully saturated rings. The summed E-state index contributed by atoms with van der Waals surface area (Å²) in [7, 11) is 0. The van der Waals surface area contributed by atoms with Crippen LogP contribution in [0.4, 0.5) is 0 Å². The van der Waals surface area contributed by atoms with Gasteiger partial charge in [-0.3, -0.25) is 4.90 Å². The van der Waals surface area contributed by atoms with Crippen molar-refractivity contribution < 1.29 is 0 Å². The van der Waals surface area contributed by atoms with Crippen LogP contribution in [0.2, 0.25) is 0 Å². The van der Waals surface area contributed by atoms with E-state index in [2.05, 4.69) is 25.7 Å². The molecule has 0 radical (unpaired) electrons. The van der Waals surface area contributed by atoms with E-state index < -0.39 is 0 Å². The molecule has 2 rings (SSSR count). The largest absolute Gasteiger partial charge is 0.329 e. The number of likely N-dealkylation sites (tertiary alicyclic amines) is 1. The first kappa shape index (κ1) is 11.4. The zero-order chi connectivity index (χ0) is 11.1. The Balaban J connectivity index is 2.28. The number of rotatable bonds is 2. The van der Waals surface area contributed by atoms with Crippen LogP contribution < -0.4 is 5.73 Å². The lowest BCUT2D eigenvalue weighted by Crippen LogP contribution is -2.60. The molecule has 1 saturated carbocycles. The Hall–Kier alpha value is -0.0800. The first-order valence-corrected chi connectivity index (χ1v) is 6.50.